The fourth-order valence-electron chi connectivity index (χ4n) is 4.09. The molecule has 0 aliphatic carbocycles. The number of pyridine rings is 1. The minimum Gasteiger partial charge on any atom is -0.506 e. The number of para-hydroxylation sites is 2. The first-order valence-corrected chi connectivity index (χ1v) is 11.0. The van der Waals surface area contributed by atoms with Crippen molar-refractivity contribution in [3.63, 3.8) is 0 Å². The molecule has 1 aliphatic rings. The number of aromatic hydroxyl groups is 1. The lowest BCUT2D eigenvalue weighted by molar-refractivity contribution is 0.434. The molecule has 5 nitrogen and oxygen atoms in total. The highest BCUT2D eigenvalue weighted by molar-refractivity contribution is 7.80. The Hall–Kier alpha value is -3.35. The van der Waals surface area contributed by atoms with Gasteiger partial charge in [-0.05, 0) is 73.2 Å². The molecule has 2 N–H and O–H groups in total. The van der Waals surface area contributed by atoms with Gasteiger partial charge in [-0.15, -0.1) is 0 Å². The van der Waals surface area contributed by atoms with Crippen LogP contribution in [0, 0.1) is 6.92 Å². The summed E-state index contributed by atoms with van der Waals surface area (Å²) >= 11 is 11.9. The van der Waals surface area contributed by atoms with Crippen molar-refractivity contribution in [2.45, 2.75) is 19.0 Å². The van der Waals surface area contributed by atoms with Gasteiger partial charge in [0, 0.05) is 16.8 Å². The lowest BCUT2D eigenvalue weighted by atomic mass is 10.0. The standard InChI is InChI=1S/C25H20ClN3O2S/c1-15-9-10-16(26)14-17(15)21-11-12-22(31-21)24-23(18-6-4-5-13-27-18)28-25(32)29(24)19-7-2-3-8-20(19)30/h2-14,23-24,30H,1H3,(H,28,32)/t23-,24+/m0/s1. The molecule has 32 heavy (non-hydrogen) atoms. The normalized spacial score (nSPS) is 18.1. The second-order valence-corrected chi connectivity index (χ2v) is 8.47. The van der Waals surface area contributed by atoms with Gasteiger partial charge in [-0.25, -0.2) is 0 Å². The zero-order valence-electron chi connectivity index (χ0n) is 17.2. The second kappa shape index (κ2) is 8.30. The predicted molar refractivity (Wildman–Crippen MR) is 130 cm³/mol. The summed E-state index contributed by atoms with van der Waals surface area (Å²) in [6, 6.07) is 21.9. The number of aryl methyl sites for hydroxylation is 1. The summed E-state index contributed by atoms with van der Waals surface area (Å²) in [5.41, 5.74) is 3.43. The van der Waals surface area contributed by atoms with Gasteiger partial charge >= 0.3 is 0 Å². The smallest absolute Gasteiger partial charge is 0.174 e. The van der Waals surface area contributed by atoms with Gasteiger partial charge in [-0.2, -0.15) is 0 Å². The number of aromatic nitrogens is 1. The van der Waals surface area contributed by atoms with E-state index in [2.05, 4.69) is 10.3 Å². The topological polar surface area (TPSA) is 61.5 Å². The van der Waals surface area contributed by atoms with Gasteiger partial charge in [-0.3, -0.25) is 4.98 Å². The van der Waals surface area contributed by atoms with Gasteiger partial charge in [0.1, 0.15) is 23.3 Å². The molecular formula is C25H20ClN3O2S. The van der Waals surface area contributed by atoms with Crippen LogP contribution in [-0.4, -0.2) is 15.2 Å². The highest BCUT2D eigenvalue weighted by Crippen LogP contribution is 2.45. The number of phenols is 1. The summed E-state index contributed by atoms with van der Waals surface area (Å²) in [4.78, 5) is 6.43. The number of hydrogen-bond donors (Lipinski definition) is 2. The Labute approximate surface area is 196 Å². The third-order valence-electron chi connectivity index (χ3n) is 5.62. The molecule has 0 unspecified atom stereocenters. The van der Waals surface area contributed by atoms with E-state index in [1.165, 1.54) is 0 Å². The van der Waals surface area contributed by atoms with E-state index < -0.39 is 0 Å². The van der Waals surface area contributed by atoms with Crippen molar-refractivity contribution in [2.24, 2.45) is 0 Å². The fourth-order valence-corrected chi connectivity index (χ4v) is 4.60. The molecule has 1 fully saturated rings. The molecule has 1 saturated heterocycles. The Morgan fingerprint density at radius 1 is 1.06 bits per heavy atom. The van der Waals surface area contributed by atoms with Crippen molar-refractivity contribution in [1.82, 2.24) is 10.3 Å². The maximum Gasteiger partial charge on any atom is 0.174 e. The Morgan fingerprint density at radius 3 is 2.66 bits per heavy atom. The van der Waals surface area contributed by atoms with Crippen LogP contribution in [0.5, 0.6) is 5.75 Å². The average molecular weight is 462 g/mol. The molecule has 2 aromatic carbocycles. The maximum atomic E-state index is 10.6. The van der Waals surface area contributed by atoms with Crippen LogP contribution in [0.15, 0.2) is 83.4 Å². The lowest BCUT2D eigenvalue weighted by Crippen LogP contribution is -2.29. The Morgan fingerprint density at radius 2 is 1.88 bits per heavy atom. The number of halogens is 1. The highest BCUT2D eigenvalue weighted by atomic mass is 35.5. The summed E-state index contributed by atoms with van der Waals surface area (Å²) in [6.07, 6.45) is 1.75. The van der Waals surface area contributed by atoms with Crippen molar-refractivity contribution in [3.8, 4) is 17.1 Å². The third-order valence-corrected chi connectivity index (χ3v) is 6.17. The van der Waals surface area contributed by atoms with Crippen LogP contribution < -0.4 is 10.2 Å². The zero-order valence-corrected chi connectivity index (χ0v) is 18.8. The predicted octanol–water partition coefficient (Wildman–Crippen LogP) is 6.19. The number of benzene rings is 2. The molecule has 160 valence electrons. The molecule has 7 heteroatoms. The fraction of sp³-hybridized carbons (Fsp3) is 0.120. The van der Waals surface area contributed by atoms with Crippen LogP contribution in [-0.2, 0) is 0 Å². The quantitative estimate of drug-likeness (QED) is 0.353. The molecule has 0 amide bonds. The average Bonchev–Trinajstić information content (AvgIpc) is 3.41. The molecule has 5 rings (SSSR count). The van der Waals surface area contributed by atoms with Crippen LogP contribution >= 0.6 is 23.8 Å². The summed E-state index contributed by atoms with van der Waals surface area (Å²) in [6.45, 7) is 2.02. The highest BCUT2D eigenvalue weighted by Gasteiger charge is 2.43. The van der Waals surface area contributed by atoms with E-state index in [1.807, 2.05) is 72.5 Å². The van der Waals surface area contributed by atoms with Gasteiger partial charge in [0.15, 0.2) is 5.11 Å². The van der Waals surface area contributed by atoms with E-state index in [0.717, 1.165) is 22.6 Å². The number of phenolic OH excluding ortho intramolecular Hbond substituents is 1. The first kappa shape index (κ1) is 20.5. The van der Waals surface area contributed by atoms with Gasteiger partial charge < -0.3 is 19.7 Å². The van der Waals surface area contributed by atoms with Crippen molar-refractivity contribution in [2.75, 3.05) is 4.90 Å². The van der Waals surface area contributed by atoms with Gasteiger partial charge in [0.05, 0.1) is 17.4 Å². The Bertz CT molecular complexity index is 1290. The molecule has 0 radical (unpaired) electrons. The maximum absolute atomic E-state index is 10.6. The molecule has 4 aromatic rings. The minimum atomic E-state index is -0.348. The van der Waals surface area contributed by atoms with Gasteiger partial charge in [-0.1, -0.05) is 35.9 Å². The van der Waals surface area contributed by atoms with Gasteiger partial charge in [0.25, 0.3) is 0 Å². The second-order valence-electron chi connectivity index (χ2n) is 7.65. The van der Waals surface area contributed by atoms with E-state index in [0.29, 0.717) is 21.6 Å². The van der Waals surface area contributed by atoms with Crippen LogP contribution in [0.4, 0.5) is 5.69 Å². The largest absolute Gasteiger partial charge is 0.506 e. The van der Waals surface area contributed by atoms with Crippen LogP contribution in [0.25, 0.3) is 11.3 Å². The molecule has 0 bridgehead atoms. The molecule has 3 heterocycles. The number of nitrogens with one attached hydrogen (secondary N) is 1. The molecule has 1 aliphatic heterocycles. The summed E-state index contributed by atoms with van der Waals surface area (Å²) in [5.74, 6) is 1.56. The number of furan rings is 1. The van der Waals surface area contributed by atoms with Crippen LogP contribution in [0.1, 0.15) is 29.1 Å². The summed E-state index contributed by atoms with van der Waals surface area (Å²) in [5, 5.41) is 15.1. The monoisotopic (exact) mass is 461 g/mol. The molecule has 2 aromatic heterocycles. The van der Waals surface area contributed by atoms with Crippen molar-refractivity contribution >= 4 is 34.6 Å². The molecule has 2 atom stereocenters. The Kier molecular flexibility index (Phi) is 5.33. The SMILES string of the molecule is Cc1ccc(Cl)cc1-c1ccc([C@@H]2[C@H](c3ccccn3)NC(=S)N2c2ccccc2O)o1. The number of anilines is 1. The van der Waals surface area contributed by atoms with E-state index in [9.17, 15) is 5.11 Å². The van der Waals surface area contributed by atoms with Crippen LogP contribution in [0.3, 0.4) is 0 Å². The van der Waals surface area contributed by atoms with E-state index in [4.69, 9.17) is 28.2 Å². The molecular weight excluding hydrogens is 442 g/mol. The van der Waals surface area contributed by atoms with Crippen LogP contribution in [0.2, 0.25) is 5.02 Å². The third kappa shape index (κ3) is 3.61. The summed E-state index contributed by atoms with van der Waals surface area (Å²) in [7, 11) is 0. The van der Waals surface area contributed by atoms with E-state index >= 15 is 0 Å². The number of thiocarbonyl (C=S) groups is 1. The first-order chi connectivity index (χ1) is 15.5. The molecule has 0 saturated carbocycles. The minimum absolute atomic E-state index is 0.140. The lowest BCUT2D eigenvalue weighted by Gasteiger charge is -2.26. The van der Waals surface area contributed by atoms with Crippen molar-refractivity contribution in [1.29, 1.82) is 0 Å². The molecule has 0 spiro atoms. The number of rotatable bonds is 4. The van der Waals surface area contributed by atoms with E-state index in [1.54, 1.807) is 18.3 Å². The van der Waals surface area contributed by atoms with Crippen molar-refractivity contribution in [3.05, 3.63) is 101 Å². The van der Waals surface area contributed by atoms with E-state index in [-0.39, 0.29) is 17.8 Å². The van der Waals surface area contributed by atoms with Gasteiger partial charge in [0.2, 0.25) is 0 Å². The number of nitrogens with zero attached hydrogens (tertiary/aromatic N) is 2. The Balaban J connectivity index is 1.63. The summed E-state index contributed by atoms with van der Waals surface area (Å²) < 4.78 is 6.37. The number of hydrogen-bond acceptors (Lipinski definition) is 4. The first-order valence-electron chi connectivity index (χ1n) is 10.2. The van der Waals surface area contributed by atoms with Crippen molar-refractivity contribution < 1.29 is 9.52 Å². The zero-order chi connectivity index (χ0) is 22.2.